The number of aliphatic hydroxyl groups excluding tert-OH is 1. The van der Waals surface area contributed by atoms with Crippen molar-refractivity contribution in [3.8, 4) is 5.75 Å². The molecule has 0 saturated carbocycles. The Kier molecular flexibility index (Phi) is 5.41. The van der Waals surface area contributed by atoms with Crippen LogP contribution in [-0.4, -0.2) is 23.9 Å². The van der Waals surface area contributed by atoms with Gasteiger partial charge < -0.3 is 14.3 Å². The number of ketones is 1. The first-order valence-corrected chi connectivity index (χ1v) is 10.1. The monoisotopic (exact) mass is 485 g/mol. The molecular weight excluding hydrogens is 469 g/mol. The molecule has 1 aliphatic rings. The number of furan rings is 1. The fourth-order valence-electron chi connectivity index (χ4n) is 3.58. The first-order chi connectivity index (χ1) is 14.8. The number of carbonyl (C=O) groups excluding carboxylic acids is 2. The summed E-state index contributed by atoms with van der Waals surface area (Å²) < 4.78 is 25.7. The maximum Gasteiger partial charge on any atom is 0.300 e. The molecule has 6 nitrogen and oxygen atoms in total. The molecule has 31 heavy (non-hydrogen) atoms. The van der Waals surface area contributed by atoms with Gasteiger partial charge in [0.05, 0.1) is 18.2 Å². The van der Waals surface area contributed by atoms with Gasteiger partial charge in [-0.1, -0.05) is 15.9 Å². The van der Waals surface area contributed by atoms with Crippen LogP contribution in [0.3, 0.4) is 0 Å². The Hall–Kier alpha value is -3.39. The van der Waals surface area contributed by atoms with Crippen molar-refractivity contribution in [1.82, 2.24) is 0 Å². The largest absolute Gasteiger partial charge is 0.507 e. The molecule has 1 atom stereocenters. The topological polar surface area (TPSA) is 80.0 Å². The molecule has 0 spiro atoms. The predicted molar refractivity (Wildman–Crippen MR) is 115 cm³/mol. The Labute approximate surface area is 185 Å². The van der Waals surface area contributed by atoms with E-state index in [9.17, 15) is 19.1 Å². The van der Waals surface area contributed by atoms with E-state index >= 15 is 0 Å². The van der Waals surface area contributed by atoms with Gasteiger partial charge in [-0.25, -0.2) is 4.39 Å². The lowest BCUT2D eigenvalue weighted by atomic mass is 9.98. The molecule has 1 saturated heterocycles. The highest BCUT2D eigenvalue weighted by atomic mass is 79.9. The van der Waals surface area contributed by atoms with Crippen LogP contribution in [0.1, 0.15) is 23.1 Å². The van der Waals surface area contributed by atoms with Crippen LogP contribution >= 0.6 is 15.9 Å². The molecule has 1 N–H and O–H groups in total. The van der Waals surface area contributed by atoms with E-state index in [1.165, 1.54) is 24.1 Å². The molecule has 2 heterocycles. The van der Waals surface area contributed by atoms with Gasteiger partial charge in [-0.2, -0.15) is 0 Å². The number of benzene rings is 2. The number of nitrogens with zero attached hydrogens (tertiary/aromatic N) is 1. The summed E-state index contributed by atoms with van der Waals surface area (Å²) in [6, 6.07) is 12.6. The minimum atomic E-state index is -1.04. The van der Waals surface area contributed by atoms with Gasteiger partial charge in [-0.15, -0.1) is 0 Å². The van der Waals surface area contributed by atoms with Gasteiger partial charge in [0.1, 0.15) is 34.9 Å². The maximum absolute atomic E-state index is 13.9. The molecule has 0 bridgehead atoms. The van der Waals surface area contributed by atoms with Gasteiger partial charge in [0.15, 0.2) is 0 Å². The summed E-state index contributed by atoms with van der Waals surface area (Å²) in [7, 11) is 1.36. The predicted octanol–water partition coefficient (Wildman–Crippen LogP) is 5.12. The molecule has 0 aliphatic carbocycles. The SMILES string of the molecule is COc1ccc(F)cc1/C(O)=C1\C(=O)C(=O)N(c2ccc(Br)cc2)C1c1ccc(C)o1. The number of halogens is 2. The Bertz CT molecular complexity index is 1210. The summed E-state index contributed by atoms with van der Waals surface area (Å²) in [5, 5.41) is 11.1. The number of methoxy groups -OCH3 is 1. The van der Waals surface area contributed by atoms with Crippen molar-refractivity contribution in [2.75, 3.05) is 12.0 Å². The van der Waals surface area contributed by atoms with Crippen molar-refractivity contribution < 1.29 is 28.2 Å². The molecule has 1 amide bonds. The van der Waals surface area contributed by atoms with Gasteiger partial charge in [0.2, 0.25) is 0 Å². The molecule has 1 aliphatic heterocycles. The van der Waals surface area contributed by atoms with Crippen LogP contribution in [0.15, 0.2) is 69.1 Å². The zero-order chi connectivity index (χ0) is 22.3. The third-order valence-electron chi connectivity index (χ3n) is 5.00. The van der Waals surface area contributed by atoms with Crippen molar-refractivity contribution >= 4 is 39.1 Å². The fourth-order valence-corrected chi connectivity index (χ4v) is 3.84. The van der Waals surface area contributed by atoms with E-state index in [-0.39, 0.29) is 22.6 Å². The Morgan fingerprint density at radius 3 is 2.45 bits per heavy atom. The number of aryl methyl sites for hydroxylation is 1. The highest BCUT2D eigenvalue weighted by molar-refractivity contribution is 9.10. The minimum Gasteiger partial charge on any atom is -0.507 e. The number of Topliss-reactive ketones (excluding diaryl/α,β-unsaturated/α-hetero) is 1. The Morgan fingerprint density at radius 1 is 1.13 bits per heavy atom. The van der Waals surface area contributed by atoms with E-state index in [0.29, 0.717) is 11.4 Å². The second-order valence-corrected chi connectivity index (χ2v) is 7.85. The quantitative estimate of drug-likeness (QED) is 0.315. The molecule has 1 aromatic heterocycles. The van der Waals surface area contributed by atoms with E-state index in [4.69, 9.17) is 9.15 Å². The number of ether oxygens (including phenoxy) is 1. The molecule has 158 valence electrons. The van der Waals surface area contributed by atoms with Crippen LogP contribution in [0.25, 0.3) is 5.76 Å². The number of anilines is 1. The van der Waals surface area contributed by atoms with Crippen molar-refractivity contribution in [2.24, 2.45) is 0 Å². The summed E-state index contributed by atoms with van der Waals surface area (Å²) in [6.07, 6.45) is 0. The molecule has 2 aromatic carbocycles. The van der Waals surface area contributed by atoms with E-state index in [2.05, 4.69) is 15.9 Å². The zero-order valence-electron chi connectivity index (χ0n) is 16.6. The number of rotatable bonds is 4. The number of carbonyl (C=O) groups is 2. The van der Waals surface area contributed by atoms with Crippen molar-refractivity contribution in [2.45, 2.75) is 13.0 Å². The third kappa shape index (κ3) is 3.63. The molecule has 4 rings (SSSR count). The highest BCUT2D eigenvalue weighted by Gasteiger charge is 2.48. The van der Waals surface area contributed by atoms with E-state index in [0.717, 1.165) is 10.5 Å². The maximum atomic E-state index is 13.9. The lowest BCUT2D eigenvalue weighted by Crippen LogP contribution is -2.29. The highest BCUT2D eigenvalue weighted by Crippen LogP contribution is 2.43. The summed E-state index contributed by atoms with van der Waals surface area (Å²) in [6.45, 7) is 1.73. The number of aliphatic hydroxyl groups is 1. The van der Waals surface area contributed by atoms with E-state index in [1.54, 1.807) is 43.3 Å². The molecule has 3 aromatic rings. The van der Waals surface area contributed by atoms with Gasteiger partial charge in [0.25, 0.3) is 11.7 Å². The van der Waals surface area contributed by atoms with Crippen molar-refractivity contribution in [3.05, 3.63) is 87.5 Å². The van der Waals surface area contributed by atoms with Crippen LogP contribution in [-0.2, 0) is 9.59 Å². The van der Waals surface area contributed by atoms with Crippen molar-refractivity contribution in [3.63, 3.8) is 0 Å². The van der Waals surface area contributed by atoms with E-state index in [1.807, 2.05) is 0 Å². The molecule has 1 fully saturated rings. The first kappa shape index (κ1) is 20.9. The van der Waals surface area contributed by atoms with Gasteiger partial charge >= 0.3 is 0 Å². The number of amides is 1. The minimum absolute atomic E-state index is 0.0374. The van der Waals surface area contributed by atoms with Crippen LogP contribution in [0.4, 0.5) is 10.1 Å². The zero-order valence-corrected chi connectivity index (χ0v) is 18.1. The average molecular weight is 486 g/mol. The molecular formula is C23H17BrFNO5. The van der Waals surface area contributed by atoms with Crippen LogP contribution in [0.2, 0.25) is 0 Å². The summed E-state index contributed by atoms with van der Waals surface area (Å²) >= 11 is 3.35. The van der Waals surface area contributed by atoms with Gasteiger partial charge in [-0.3, -0.25) is 14.5 Å². The Balaban J connectivity index is 1.97. The Morgan fingerprint density at radius 2 is 1.84 bits per heavy atom. The van der Waals surface area contributed by atoms with Crippen LogP contribution in [0.5, 0.6) is 5.75 Å². The molecule has 8 heteroatoms. The third-order valence-corrected chi connectivity index (χ3v) is 5.53. The second-order valence-electron chi connectivity index (χ2n) is 6.94. The number of hydrogen-bond acceptors (Lipinski definition) is 5. The second kappa shape index (κ2) is 8.03. The molecule has 0 radical (unpaired) electrons. The molecule has 1 unspecified atom stereocenters. The van der Waals surface area contributed by atoms with Crippen LogP contribution < -0.4 is 9.64 Å². The summed E-state index contributed by atoms with van der Waals surface area (Å²) in [4.78, 5) is 27.3. The van der Waals surface area contributed by atoms with Gasteiger partial charge in [0, 0.05) is 10.2 Å². The first-order valence-electron chi connectivity index (χ1n) is 9.28. The lowest BCUT2D eigenvalue weighted by molar-refractivity contribution is -0.132. The lowest BCUT2D eigenvalue weighted by Gasteiger charge is -2.23. The van der Waals surface area contributed by atoms with Crippen LogP contribution in [0, 0.1) is 12.7 Å². The average Bonchev–Trinajstić information content (AvgIpc) is 3.29. The normalized spacial score (nSPS) is 17.9. The number of hydrogen-bond donors (Lipinski definition) is 1. The standard InChI is InChI=1S/C23H17BrFNO5/c1-12-3-9-18(31-12)20-19(21(27)16-11-14(25)6-10-17(16)30-2)22(28)23(29)26(20)15-7-4-13(24)5-8-15/h3-11,20,27H,1-2H3/b21-19+. The summed E-state index contributed by atoms with van der Waals surface area (Å²) in [5.41, 5.74) is 0.186. The van der Waals surface area contributed by atoms with Gasteiger partial charge in [-0.05, 0) is 61.5 Å². The fraction of sp³-hybridized carbons (Fsp3) is 0.130. The van der Waals surface area contributed by atoms with Crippen molar-refractivity contribution in [1.29, 1.82) is 0 Å². The van der Waals surface area contributed by atoms with E-state index < -0.39 is 29.3 Å². The summed E-state index contributed by atoms with van der Waals surface area (Å²) in [5.74, 6) is -1.91. The smallest absolute Gasteiger partial charge is 0.300 e.